The van der Waals surface area contributed by atoms with Crippen LogP contribution in [0.15, 0.2) is 53.5 Å². The number of methoxy groups -OCH3 is 1. The van der Waals surface area contributed by atoms with Crippen molar-refractivity contribution in [1.82, 2.24) is 20.2 Å². The minimum Gasteiger partial charge on any atom is -0.496 e. The van der Waals surface area contributed by atoms with Crippen LogP contribution in [-0.2, 0) is 11.4 Å². The lowest BCUT2D eigenvalue weighted by Gasteiger charge is -2.30. The van der Waals surface area contributed by atoms with Gasteiger partial charge in [-0.05, 0) is 35.0 Å². The van der Waals surface area contributed by atoms with Gasteiger partial charge in [-0.25, -0.2) is 9.67 Å². The molecular formula is C20H19N5O4. The Morgan fingerprint density at radius 2 is 1.90 bits per heavy atom. The summed E-state index contributed by atoms with van der Waals surface area (Å²) in [5, 5.41) is 21.5. The summed E-state index contributed by atoms with van der Waals surface area (Å²) in [6.45, 7) is 1.98. The van der Waals surface area contributed by atoms with Crippen LogP contribution in [0.1, 0.15) is 24.1 Å². The zero-order valence-electron chi connectivity index (χ0n) is 15.9. The Bertz CT molecular complexity index is 1060. The minimum atomic E-state index is -1.03. The molecule has 3 aromatic rings. The van der Waals surface area contributed by atoms with Crippen LogP contribution in [-0.4, -0.2) is 44.1 Å². The molecule has 9 nitrogen and oxygen atoms in total. The molecule has 2 atom stereocenters. The Hall–Kier alpha value is -3.75. The molecule has 1 aromatic heterocycles. The van der Waals surface area contributed by atoms with Crippen molar-refractivity contribution in [1.29, 1.82) is 0 Å². The SMILES string of the molecule is COc1cccc(OCc2ccccc2)c1C1C(C(=O)O)C(C)=Nc2nnnn21. The normalized spacial score (nSPS) is 17.9. The van der Waals surface area contributed by atoms with Gasteiger partial charge in [-0.2, -0.15) is 0 Å². The van der Waals surface area contributed by atoms with E-state index in [9.17, 15) is 9.90 Å². The van der Waals surface area contributed by atoms with Crippen molar-refractivity contribution in [2.75, 3.05) is 7.11 Å². The molecule has 1 aliphatic heterocycles. The zero-order valence-corrected chi connectivity index (χ0v) is 15.9. The van der Waals surface area contributed by atoms with Crippen LogP contribution in [0.4, 0.5) is 5.95 Å². The summed E-state index contributed by atoms with van der Waals surface area (Å²) in [7, 11) is 1.53. The van der Waals surface area contributed by atoms with Crippen molar-refractivity contribution in [3.05, 3.63) is 59.7 Å². The summed E-state index contributed by atoms with van der Waals surface area (Å²) in [6.07, 6.45) is 0. The standard InChI is InChI=1S/C20H19N5O4/c1-12-16(19(26)27)18(25-20(21-12)22-23-24-25)17-14(28-2)9-6-10-15(17)29-11-13-7-4-3-5-8-13/h3-10,16,18H,11H2,1-2H3,(H,26,27). The summed E-state index contributed by atoms with van der Waals surface area (Å²) >= 11 is 0. The summed E-state index contributed by atoms with van der Waals surface area (Å²) in [5.41, 5.74) is 1.95. The molecule has 0 radical (unpaired) electrons. The van der Waals surface area contributed by atoms with Gasteiger partial charge in [-0.15, -0.1) is 0 Å². The first-order chi connectivity index (χ1) is 14.1. The number of aliphatic carboxylic acids is 1. The molecule has 2 unspecified atom stereocenters. The molecule has 2 heterocycles. The van der Waals surface area contributed by atoms with E-state index in [0.717, 1.165) is 5.56 Å². The molecule has 29 heavy (non-hydrogen) atoms. The molecule has 0 fully saturated rings. The van der Waals surface area contributed by atoms with Gasteiger partial charge in [-0.3, -0.25) is 4.79 Å². The van der Waals surface area contributed by atoms with Crippen LogP contribution in [0.3, 0.4) is 0 Å². The predicted octanol–water partition coefficient (Wildman–Crippen LogP) is 2.66. The largest absolute Gasteiger partial charge is 0.496 e. The molecule has 0 amide bonds. The molecule has 4 rings (SSSR count). The molecule has 2 aromatic carbocycles. The average Bonchev–Trinajstić information content (AvgIpc) is 3.19. The second-order valence-corrected chi connectivity index (χ2v) is 6.58. The maximum Gasteiger partial charge on any atom is 0.314 e. The van der Waals surface area contributed by atoms with Crippen molar-refractivity contribution >= 4 is 17.6 Å². The van der Waals surface area contributed by atoms with Gasteiger partial charge in [0, 0.05) is 5.71 Å². The van der Waals surface area contributed by atoms with Crippen LogP contribution in [0.5, 0.6) is 11.5 Å². The lowest BCUT2D eigenvalue weighted by atomic mass is 9.87. The number of carboxylic acid groups (broad SMARTS) is 1. The fourth-order valence-electron chi connectivity index (χ4n) is 3.50. The van der Waals surface area contributed by atoms with E-state index in [1.54, 1.807) is 25.1 Å². The predicted molar refractivity (Wildman–Crippen MR) is 104 cm³/mol. The van der Waals surface area contributed by atoms with Gasteiger partial charge in [0.2, 0.25) is 0 Å². The topological polar surface area (TPSA) is 112 Å². The van der Waals surface area contributed by atoms with Crippen LogP contribution in [0, 0.1) is 5.92 Å². The van der Waals surface area contributed by atoms with E-state index in [1.807, 2.05) is 30.3 Å². The lowest BCUT2D eigenvalue weighted by molar-refractivity contribution is -0.140. The lowest BCUT2D eigenvalue weighted by Crippen LogP contribution is -2.36. The fraction of sp³-hybridized carbons (Fsp3) is 0.250. The Kier molecular flexibility index (Phi) is 4.94. The second kappa shape index (κ2) is 7.70. The van der Waals surface area contributed by atoms with E-state index in [2.05, 4.69) is 20.5 Å². The first kappa shape index (κ1) is 18.6. The minimum absolute atomic E-state index is 0.241. The zero-order chi connectivity index (χ0) is 20.4. The van der Waals surface area contributed by atoms with Gasteiger partial charge in [0.25, 0.3) is 5.95 Å². The summed E-state index contributed by atoms with van der Waals surface area (Å²) in [4.78, 5) is 16.4. The van der Waals surface area contributed by atoms with Crippen LogP contribution >= 0.6 is 0 Å². The summed E-state index contributed by atoms with van der Waals surface area (Å²) < 4.78 is 13.0. The number of hydrogen-bond donors (Lipinski definition) is 1. The molecule has 0 aliphatic carbocycles. The third-order valence-electron chi connectivity index (χ3n) is 4.83. The van der Waals surface area contributed by atoms with E-state index in [-0.39, 0.29) is 5.95 Å². The number of aromatic nitrogens is 4. The third kappa shape index (κ3) is 3.42. The van der Waals surface area contributed by atoms with Crippen LogP contribution in [0.2, 0.25) is 0 Å². The molecule has 148 valence electrons. The van der Waals surface area contributed by atoms with Gasteiger partial charge < -0.3 is 14.6 Å². The Balaban J connectivity index is 1.82. The molecule has 0 spiro atoms. The molecular weight excluding hydrogens is 374 g/mol. The highest BCUT2D eigenvalue weighted by Crippen LogP contribution is 2.43. The smallest absolute Gasteiger partial charge is 0.314 e. The van der Waals surface area contributed by atoms with Crippen LogP contribution < -0.4 is 9.47 Å². The maximum absolute atomic E-state index is 12.1. The molecule has 0 saturated carbocycles. The van der Waals surface area contributed by atoms with E-state index in [0.29, 0.717) is 29.4 Å². The van der Waals surface area contributed by atoms with Crippen molar-refractivity contribution in [2.45, 2.75) is 19.6 Å². The number of carbonyl (C=O) groups is 1. The Morgan fingerprint density at radius 1 is 1.14 bits per heavy atom. The quantitative estimate of drug-likeness (QED) is 0.685. The fourth-order valence-corrected chi connectivity index (χ4v) is 3.50. The Morgan fingerprint density at radius 3 is 2.62 bits per heavy atom. The number of nitrogens with zero attached hydrogens (tertiary/aromatic N) is 5. The number of tetrazole rings is 1. The van der Waals surface area contributed by atoms with Crippen molar-refractivity contribution in [3.63, 3.8) is 0 Å². The average molecular weight is 393 g/mol. The van der Waals surface area contributed by atoms with Crippen LogP contribution in [0.25, 0.3) is 0 Å². The molecule has 9 heteroatoms. The van der Waals surface area contributed by atoms with E-state index >= 15 is 0 Å². The monoisotopic (exact) mass is 393 g/mol. The number of benzene rings is 2. The van der Waals surface area contributed by atoms with E-state index in [4.69, 9.17) is 9.47 Å². The van der Waals surface area contributed by atoms with E-state index in [1.165, 1.54) is 11.8 Å². The third-order valence-corrected chi connectivity index (χ3v) is 4.83. The number of rotatable bonds is 6. The van der Waals surface area contributed by atoms with Gasteiger partial charge in [0.1, 0.15) is 30.1 Å². The van der Waals surface area contributed by atoms with Crippen molar-refractivity contribution in [3.8, 4) is 11.5 Å². The molecule has 1 N–H and O–H groups in total. The highest BCUT2D eigenvalue weighted by Gasteiger charge is 2.42. The van der Waals surface area contributed by atoms with Crippen molar-refractivity contribution in [2.24, 2.45) is 10.9 Å². The first-order valence-electron chi connectivity index (χ1n) is 8.99. The van der Waals surface area contributed by atoms with Gasteiger partial charge >= 0.3 is 5.97 Å². The number of ether oxygens (including phenoxy) is 2. The summed E-state index contributed by atoms with van der Waals surface area (Å²) in [5.74, 6) is -0.771. The number of hydrogen-bond acceptors (Lipinski definition) is 7. The molecule has 1 aliphatic rings. The molecule has 0 saturated heterocycles. The first-order valence-corrected chi connectivity index (χ1v) is 8.99. The number of aliphatic imine (C=N–C) groups is 1. The summed E-state index contributed by atoms with van der Waals surface area (Å²) in [6, 6.07) is 14.3. The van der Waals surface area contributed by atoms with Gasteiger partial charge in [-0.1, -0.05) is 41.5 Å². The van der Waals surface area contributed by atoms with Gasteiger partial charge in [0.15, 0.2) is 0 Å². The number of fused-ring (bicyclic) bond motifs is 1. The number of carboxylic acids is 1. The van der Waals surface area contributed by atoms with Crippen molar-refractivity contribution < 1.29 is 19.4 Å². The van der Waals surface area contributed by atoms with Gasteiger partial charge in [0.05, 0.1) is 12.7 Å². The molecule has 0 bridgehead atoms. The second-order valence-electron chi connectivity index (χ2n) is 6.58. The Labute approximate surface area is 166 Å². The highest BCUT2D eigenvalue weighted by molar-refractivity contribution is 6.03. The maximum atomic E-state index is 12.1. The highest BCUT2D eigenvalue weighted by atomic mass is 16.5. The van der Waals surface area contributed by atoms with E-state index < -0.39 is 17.9 Å².